The Morgan fingerprint density at radius 1 is 1.23 bits per heavy atom. The summed E-state index contributed by atoms with van der Waals surface area (Å²) in [6.07, 6.45) is 0. The van der Waals surface area contributed by atoms with Crippen molar-refractivity contribution in [3.8, 4) is 0 Å². The minimum Gasteiger partial charge on any atom is -0.577 e. The average Bonchev–Trinajstić information content (AvgIpc) is 2.04. The van der Waals surface area contributed by atoms with Crippen LogP contribution < -0.4 is 5.73 Å². The van der Waals surface area contributed by atoms with Crippen molar-refractivity contribution in [3.05, 3.63) is 35.1 Å². The molecular formula is C8H11N2O2S-. The third-order valence-corrected chi connectivity index (χ3v) is 2.62. The first-order valence-corrected chi connectivity index (χ1v) is 5.46. The molecule has 1 rings (SSSR count). The van der Waals surface area contributed by atoms with Crippen LogP contribution >= 0.6 is 0 Å². The van der Waals surface area contributed by atoms with E-state index in [1.54, 1.807) is 30.3 Å². The van der Waals surface area contributed by atoms with Gasteiger partial charge in [-0.2, -0.15) is 0 Å². The molecular weight excluding hydrogens is 188 g/mol. The highest BCUT2D eigenvalue weighted by Gasteiger charge is 1.96. The van der Waals surface area contributed by atoms with Crippen molar-refractivity contribution in [2.45, 2.75) is 0 Å². The molecule has 0 saturated heterocycles. The van der Waals surface area contributed by atoms with E-state index in [1.165, 1.54) is 0 Å². The summed E-state index contributed by atoms with van der Waals surface area (Å²) in [6, 6.07) is 8.53. The summed E-state index contributed by atoms with van der Waals surface area (Å²) in [6.45, 7) is 0.0959. The van der Waals surface area contributed by atoms with E-state index in [2.05, 4.69) is 4.72 Å². The lowest BCUT2D eigenvalue weighted by Crippen LogP contribution is -2.13. The van der Waals surface area contributed by atoms with Crippen LogP contribution in [-0.4, -0.2) is 20.7 Å². The van der Waals surface area contributed by atoms with E-state index in [0.29, 0.717) is 5.69 Å². The van der Waals surface area contributed by atoms with Gasteiger partial charge in [0.15, 0.2) is 0 Å². The van der Waals surface area contributed by atoms with Gasteiger partial charge in [0.1, 0.15) is 0 Å². The first-order valence-electron chi connectivity index (χ1n) is 3.85. The van der Waals surface area contributed by atoms with E-state index < -0.39 is 10.0 Å². The molecule has 0 saturated carbocycles. The number of nitrogens with two attached hydrogens (primary N) is 1. The Hall–Kier alpha value is -1.07. The van der Waals surface area contributed by atoms with Gasteiger partial charge in [-0.1, -0.05) is 30.3 Å². The van der Waals surface area contributed by atoms with Crippen LogP contribution in [0.1, 0.15) is 0 Å². The quantitative estimate of drug-likeness (QED) is 0.785. The molecule has 0 aliphatic rings. The SMILES string of the molecule is NCCS(=O)(=O)[N-]c1ccccc1. The maximum atomic E-state index is 11.2. The summed E-state index contributed by atoms with van der Waals surface area (Å²) in [7, 11) is -3.38. The molecule has 0 heterocycles. The lowest BCUT2D eigenvalue weighted by molar-refractivity contribution is 0.603. The summed E-state index contributed by atoms with van der Waals surface area (Å²) >= 11 is 0. The molecule has 0 aliphatic heterocycles. The largest absolute Gasteiger partial charge is 0.577 e. The van der Waals surface area contributed by atoms with Crippen LogP contribution in [0.15, 0.2) is 30.3 Å². The van der Waals surface area contributed by atoms with Crippen LogP contribution in [0.4, 0.5) is 5.69 Å². The molecule has 0 spiro atoms. The van der Waals surface area contributed by atoms with Gasteiger partial charge in [-0.3, -0.25) is 0 Å². The van der Waals surface area contributed by atoms with Crippen molar-refractivity contribution >= 4 is 15.7 Å². The first-order chi connectivity index (χ1) is 6.14. The van der Waals surface area contributed by atoms with Crippen molar-refractivity contribution in [1.82, 2.24) is 0 Å². The molecule has 1 aromatic rings. The van der Waals surface area contributed by atoms with Crippen LogP contribution in [0.3, 0.4) is 0 Å². The van der Waals surface area contributed by atoms with E-state index in [1.807, 2.05) is 0 Å². The average molecular weight is 199 g/mol. The van der Waals surface area contributed by atoms with E-state index in [0.717, 1.165) is 0 Å². The van der Waals surface area contributed by atoms with Crippen molar-refractivity contribution in [2.24, 2.45) is 5.73 Å². The number of nitrogens with zero attached hydrogens (tertiary/aromatic N) is 1. The first kappa shape index (κ1) is 10.0. The Labute approximate surface area is 77.8 Å². The highest BCUT2D eigenvalue weighted by molar-refractivity contribution is 7.94. The summed E-state index contributed by atoms with van der Waals surface area (Å²) in [5, 5.41) is 0. The van der Waals surface area contributed by atoms with Gasteiger partial charge >= 0.3 is 0 Å². The molecule has 0 fully saturated rings. The molecule has 0 amide bonds. The van der Waals surface area contributed by atoms with E-state index in [9.17, 15) is 8.42 Å². The van der Waals surface area contributed by atoms with E-state index in [-0.39, 0.29) is 12.3 Å². The van der Waals surface area contributed by atoms with Crippen molar-refractivity contribution in [1.29, 1.82) is 0 Å². The number of hydrogen-bond donors (Lipinski definition) is 1. The molecule has 0 atom stereocenters. The van der Waals surface area contributed by atoms with Gasteiger partial charge in [0.25, 0.3) is 0 Å². The standard InChI is InChI=1S/C8H11N2O2S/c9-6-7-13(11,12)10-8-4-2-1-3-5-8/h1-5H,6-7,9H2/q-1. The monoisotopic (exact) mass is 199 g/mol. The van der Waals surface area contributed by atoms with Gasteiger partial charge in [-0.05, 0) is 0 Å². The molecule has 0 bridgehead atoms. The van der Waals surface area contributed by atoms with Crippen molar-refractivity contribution in [2.75, 3.05) is 12.3 Å². The predicted molar refractivity (Wildman–Crippen MR) is 52.3 cm³/mol. The van der Waals surface area contributed by atoms with Crippen LogP contribution in [0.5, 0.6) is 0 Å². The summed E-state index contributed by atoms with van der Waals surface area (Å²) in [5.41, 5.74) is 5.57. The van der Waals surface area contributed by atoms with Crippen LogP contribution in [0.2, 0.25) is 0 Å². The molecule has 0 aliphatic carbocycles. The Kier molecular flexibility index (Phi) is 3.27. The number of hydrogen-bond acceptors (Lipinski definition) is 3. The van der Waals surface area contributed by atoms with Crippen LogP contribution in [0, 0.1) is 0 Å². The Morgan fingerprint density at radius 2 is 1.85 bits per heavy atom. The molecule has 0 aromatic heterocycles. The van der Waals surface area contributed by atoms with Gasteiger partial charge in [0.2, 0.25) is 0 Å². The zero-order chi connectivity index (χ0) is 9.73. The van der Waals surface area contributed by atoms with Gasteiger partial charge in [0.05, 0.1) is 10.0 Å². The molecule has 13 heavy (non-hydrogen) atoms. The maximum Gasteiger partial charge on any atom is 0.0950 e. The summed E-state index contributed by atoms with van der Waals surface area (Å²) < 4.78 is 25.9. The number of sulfonamides is 1. The second-order valence-electron chi connectivity index (χ2n) is 2.50. The molecule has 72 valence electrons. The fourth-order valence-corrected chi connectivity index (χ4v) is 1.68. The molecule has 0 radical (unpaired) electrons. The minimum atomic E-state index is -3.38. The van der Waals surface area contributed by atoms with Gasteiger partial charge in [0, 0.05) is 12.3 Å². The van der Waals surface area contributed by atoms with Crippen molar-refractivity contribution in [3.63, 3.8) is 0 Å². The Balaban J connectivity index is 2.70. The van der Waals surface area contributed by atoms with Crippen LogP contribution in [-0.2, 0) is 10.0 Å². The highest BCUT2D eigenvalue weighted by atomic mass is 32.2. The third-order valence-electron chi connectivity index (χ3n) is 1.38. The van der Waals surface area contributed by atoms with Gasteiger partial charge < -0.3 is 10.5 Å². The zero-order valence-electron chi connectivity index (χ0n) is 7.05. The molecule has 4 nitrogen and oxygen atoms in total. The predicted octanol–water partition coefficient (Wildman–Crippen LogP) is 0.980. The number of benzene rings is 1. The Bertz CT molecular complexity index is 348. The normalized spacial score (nSPS) is 11.2. The second kappa shape index (κ2) is 4.25. The summed E-state index contributed by atoms with van der Waals surface area (Å²) in [5.74, 6) is -0.109. The fourth-order valence-electron chi connectivity index (χ4n) is 0.844. The molecule has 5 heteroatoms. The lowest BCUT2D eigenvalue weighted by Gasteiger charge is -2.20. The lowest BCUT2D eigenvalue weighted by atomic mass is 10.3. The highest BCUT2D eigenvalue weighted by Crippen LogP contribution is 2.20. The Morgan fingerprint density at radius 3 is 2.38 bits per heavy atom. The third kappa shape index (κ3) is 3.43. The smallest absolute Gasteiger partial charge is 0.0950 e. The number of rotatable bonds is 4. The topological polar surface area (TPSA) is 74.3 Å². The van der Waals surface area contributed by atoms with Gasteiger partial charge in [-0.15, -0.1) is 5.69 Å². The molecule has 0 unspecified atom stereocenters. The summed E-state index contributed by atoms with van der Waals surface area (Å²) in [4.78, 5) is 0. The minimum absolute atomic E-state index is 0.0959. The molecule has 1 aromatic carbocycles. The van der Waals surface area contributed by atoms with E-state index in [4.69, 9.17) is 5.73 Å². The maximum absolute atomic E-state index is 11.2. The van der Waals surface area contributed by atoms with E-state index >= 15 is 0 Å². The zero-order valence-corrected chi connectivity index (χ0v) is 7.87. The van der Waals surface area contributed by atoms with Crippen LogP contribution in [0.25, 0.3) is 4.72 Å². The fraction of sp³-hybridized carbons (Fsp3) is 0.250. The van der Waals surface area contributed by atoms with Gasteiger partial charge in [-0.25, -0.2) is 8.42 Å². The molecule has 2 N–H and O–H groups in total. The van der Waals surface area contributed by atoms with Crippen molar-refractivity contribution < 1.29 is 8.42 Å². The second-order valence-corrected chi connectivity index (χ2v) is 4.26.